The Bertz CT molecular complexity index is 313. The molecule has 16 heavy (non-hydrogen) atoms. The van der Waals surface area contributed by atoms with Crippen molar-refractivity contribution in [2.45, 2.75) is 20.3 Å². The topological polar surface area (TPSA) is 44.5 Å². The van der Waals surface area contributed by atoms with Crippen molar-refractivity contribution in [3.63, 3.8) is 0 Å². The number of rotatable bonds is 7. The Morgan fingerprint density at radius 2 is 1.94 bits per heavy atom. The molecule has 0 aromatic heterocycles. The number of hydrogen-bond acceptors (Lipinski definition) is 3. The maximum atomic E-state index is 5.69. The molecule has 0 aliphatic heterocycles. The molecule has 1 aromatic rings. The summed E-state index contributed by atoms with van der Waals surface area (Å²) < 4.78 is 11.0. The van der Waals surface area contributed by atoms with Crippen molar-refractivity contribution < 1.29 is 9.47 Å². The van der Waals surface area contributed by atoms with Gasteiger partial charge in [-0.15, -0.1) is 0 Å². The number of benzene rings is 1. The highest BCUT2D eigenvalue weighted by atomic mass is 16.5. The predicted octanol–water partition coefficient (Wildman–Crippen LogP) is 2.05. The van der Waals surface area contributed by atoms with E-state index in [9.17, 15) is 0 Å². The van der Waals surface area contributed by atoms with Crippen LogP contribution < -0.4 is 10.5 Å². The van der Waals surface area contributed by atoms with Crippen molar-refractivity contribution in [2.75, 3.05) is 26.4 Å². The van der Waals surface area contributed by atoms with E-state index < -0.39 is 0 Å². The molecule has 90 valence electrons. The minimum absolute atomic E-state index is 0.581. The Hall–Kier alpha value is -1.06. The maximum Gasteiger partial charge on any atom is 0.122 e. The van der Waals surface area contributed by atoms with Crippen LogP contribution in [0.1, 0.15) is 17.5 Å². The lowest BCUT2D eigenvalue weighted by molar-refractivity contribution is 0.125. The second-order valence-corrected chi connectivity index (χ2v) is 3.87. The van der Waals surface area contributed by atoms with Crippen LogP contribution in [-0.4, -0.2) is 26.4 Å². The summed E-state index contributed by atoms with van der Waals surface area (Å²) in [6, 6.07) is 6.23. The first-order valence-corrected chi connectivity index (χ1v) is 5.72. The monoisotopic (exact) mass is 223 g/mol. The molecule has 0 saturated heterocycles. The van der Waals surface area contributed by atoms with Crippen LogP contribution in [0.25, 0.3) is 0 Å². The zero-order chi connectivity index (χ0) is 11.8. The van der Waals surface area contributed by atoms with Gasteiger partial charge in [-0.05, 0) is 31.0 Å². The SMILES string of the molecule is Cc1ccc(C)c(OCCCOCCN)c1. The van der Waals surface area contributed by atoms with Gasteiger partial charge in [0.2, 0.25) is 0 Å². The molecule has 0 unspecified atom stereocenters. The summed E-state index contributed by atoms with van der Waals surface area (Å²) in [5.74, 6) is 0.971. The van der Waals surface area contributed by atoms with Crippen LogP contribution in [0.4, 0.5) is 0 Å². The van der Waals surface area contributed by atoms with Gasteiger partial charge in [0.15, 0.2) is 0 Å². The average Bonchev–Trinajstić information content (AvgIpc) is 2.28. The van der Waals surface area contributed by atoms with E-state index in [-0.39, 0.29) is 0 Å². The Kier molecular flexibility index (Phi) is 5.90. The van der Waals surface area contributed by atoms with Gasteiger partial charge in [-0.25, -0.2) is 0 Å². The first-order chi connectivity index (χ1) is 7.74. The molecule has 0 heterocycles. The van der Waals surface area contributed by atoms with Crippen LogP contribution in [0.5, 0.6) is 5.75 Å². The van der Waals surface area contributed by atoms with Crippen molar-refractivity contribution in [3.05, 3.63) is 29.3 Å². The van der Waals surface area contributed by atoms with Gasteiger partial charge < -0.3 is 15.2 Å². The average molecular weight is 223 g/mol. The lowest BCUT2D eigenvalue weighted by Gasteiger charge is -2.09. The molecule has 0 bridgehead atoms. The van der Waals surface area contributed by atoms with Crippen LogP contribution in [-0.2, 0) is 4.74 Å². The maximum absolute atomic E-state index is 5.69. The molecule has 0 radical (unpaired) electrons. The van der Waals surface area contributed by atoms with Crippen LogP contribution >= 0.6 is 0 Å². The van der Waals surface area contributed by atoms with Gasteiger partial charge in [0, 0.05) is 19.6 Å². The van der Waals surface area contributed by atoms with Crippen molar-refractivity contribution >= 4 is 0 Å². The summed E-state index contributed by atoms with van der Waals surface area (Å²) in [6.07, 6.45) is 0.896. The predicted molar refractivity (Wildman–Crippen MR) is 65.9 cm³/mol. The quantitative estimate of drug-likeness (QED) is 0.719. The molecule has 0 atom stereocenters. The van der Waals surface area contributed by atoms with E-state index in [2.05, 4.69) is 32.0 Å². The number of aryl methyl sites for hydroxylation is 2. The molecule has 3 heteroatoms. The van der Waals surface area contributed by atoms with E-state index in [1.54, 1.807) is 0 Å². The van der Waals surface area contributed by atoms with E-state index in [4.69, 9.17) is 15.2 Å². The van der Waals surface area contributed by atoms with Gasteiger partial charge in [-0.3, -0.25) is 0 Å². The van der Waals surface area contributed by atoms with Crippen molar-refractivity contribution in [1.29, 1.82) is 0 Å². The summed E-state index contributed by atoms with van der Waals surface area (Å²) in [7, 11) is 0. The third kappa shape index (κ3) is 4.64. The molecule has 0 aliphatic rings. The summed E-state index contributed by atoms with van der Waals surface area (Å²) in [5, 5.41) is 0. The molecular formula is C13H21NO2. The van der Waals surface area contributed by atoms with E-state index in [0.29, 0.717) is 26.4 Å². The summed E-state index contributed by atoms with van der Waals surface area (Å²) in [6.45, 7) is 6.73. The number of ether oxygens (including phenoxy) is 2. The smallest absolute Gasteiger partial charge is 0.122 e. The fourth-order valence-corrected chi connectivity index (χ4v) is 1.39. The fraction of sp³-hybridized carbons (Fsp3) is 0.538. The van der Waals surface area contributed by atoms with E-state index in [0.717, 1.165) is 12.2 Å². The second kappa shape index (κ2) is 7.25. The Balaban J connectivity index is 2.23. The third-order valence-corrected chi connectivity index (χ3v) is 2.30. The highest BCUT2D eigenvalue weighted by Crippen LogP contribution is 2.18. The van der Waals surface area contributed by atoms with E-state index in [1.165, 1.54) is 11.1 Å². The normalized spacial score (nSPS) is 10.4. The summed E-state index contributed by atoms with van der Waals surface area (Å²) in [5.41, 5.74) is 7.71. The second-order valence-electron chi connectivity index (χ2n) is 3.87. The standard InChI is InChI=1S/C13H21NO2/c1-11-4-5-12(2)13(10-11)16-8-3-7-15-9-6-14/h4-5,10H,3,6-9,14H2,1-2H3. The molecule has 0 fully saturated rings. The molecule has 0 aliphatic carbocycles. The van der Waals surface area contributed by atoms with Crippen molar-refractivity contribution in [3.8, 4) is 5.75 Å². The zero-order valence-corrected chi connectivity index (χ0v) is 10.2. The van der Waals surface area contributed by atoms with Crippen LogP contribution in [0.2, 0.25) is 0 Å². The molecular weight excluding hydrogens is 202 g/mol. The largest absolute Gasteiger partial charge is 0.493 e. The minimum atomic E-state index is 0.581. The fourth-order valence-electron chi connectivity index (χ4n) is 1.39. The lowest BCUT2D eigenvalue weighted by Crippen LogP contribution is -2.10. The first-order valence-electron chi connectivity index (χ1n) is 5.72. The van der Waals surface area contributed by atoms with Gasteiger partial charge >= 0.3 is 0 Å². The number of hydrogen-bond donors (Lipinski definition) is 1. The molecule has 0 spiro atoms. The van der Waals surface area contributed by atoms with Gasteiger partial charge in [0.25, 0.3) is 0 Å². The molecule has 1 aromatic carbocycles. The Labute approximate surface area is 97.6 Å². The summed E-state index contributed by atoms with van der Waals surface area (Å²) in [4.78, 5) is 0. The van der Waals surface area contributed by atoms with Crippen LogP contribution in [0, 0.1) is 13.8 Å². The summed E-state index contributed by atoms with van der Waals surface area (Å²) >= 11 is 0. The van der Waals surface area contributed by atoms with Gasteiger partial charge in [0.1, 0.15) is 5.75 Å². The highest BCUT2D eigenvalue weighted by Gasteiger charge is 1.99. The highest BCUT2D eigenvalue weighted by molar-refractivity contribution is 5.35. The zero-order valence-electron chi connectivity index (χ0n) is 10.2. The minimum Gasteiger partial charge on any atom is -0.493 e. The van der Waals surface area contributed by atoms with Crippen molar-refractivity contribution in [1.82, 2.24) is 0 Å². The lowest BCUT2D eigenvalue weighted by atomic mass is 10.1. The van der Waals surface area contributed by atoms with Crippen LogP contribution in [0.3, 0.4) is 0 Å². The van der Waals surface area contributed by atoms with Crippen LogP contribution in [0.15, 0.2) is 18.2 Å². The molecule has 1 rings (SSSR count). The van der Waals surface area contributed by atoms with E-state index >= 15 is 0 Å². The Morgan fingerprint density at radius 3 is 2.69 bits per heavy atom. The molecule has 3 nitrogen and oxygen atoms in total. The molecule has 2 N–H and O–H groups in total. The van der Waals surface area contributed by atoms with Gasteiger partial charge in [0.05, 0.1) is 13.2 Å². The molecule has 0 amide bonds. The van der Waals surface area contributed by atoms with Gasteiger partial charge in [-0.1, -0.05) is 12.1 Å². The Morgan fingerprint density at radius 1 is 1.12 bits per heavy atom. The third-order valence-electron chi connectivity index (χ3n) is 2.30. The van der Waals surface area contributed by atoms with E-state index in [1.807, 2.05) is 0 Å². The van der Waals surface area contributed by atoms with Crippen molar-refractivity contribution in [2.24, 2.45) is 5.73 Å². The number of nitrogens with two attached hydrogens (primary N) is 1. The first kappa shape index (κ1) is 13.0. The molecule has 0 saturated carbocycles. The van der Waals surface area contributed by atoms with Gasteiger partial charge in [-0.2, -0.15) is 0 Å².